The molecule has 2 aliphatic rings. The van der Waals surface area contributed by atoms with Crippen LogP contribution in [0.1, 0.15) is 36.9 Å². The van der Waals surface area contributed by atoms with Crippen molar-refractivity contribution in [3.05, 3.63) is 17.3 Å². The first-order valence-corrected chi connectivity index (χ1v) is 8.02. The summed E-state index contributed by atoms with van der Waals surface area (Å²) in [4.78, 5) is 4.51. The summed E-state index contributed by atoms with van der Waals surface area (Å²) in [7, 11) is 0. The van der Waals surface area contributed by atoms with Gasteiger partial charge in [-0.05, 0) is 38.3 Å². The zero-order chi connectivity index (χ0) is 15.2. The van der Waals surface area contributed by atoms with Crippen molar-refractivity contribution >= 4 is 16.9 Å². The molecule has 0 amide bonds. The van der Waals surface area contributed by atoms with Gasteiger partial charge < -0.3 is 14.8 Å². The van der Waals surface area contributed by atoms with Crippen molar-refractivity contribution in [1.29, 1.82) is 0 Å². The van der Waals surface area contributed by atoms with Gasteiger partial charge in [0.05, 0.1) is 18.6 Å². The Balaban J connectivity index is 1.50. The van der Waals surface area contributed by atoms with E-state index in [1.54, 1.807) is 0 Å². The lowest BCUT2D eigenvalue weighted by atomic mass is 9.90. The van der Waals surface area contributed by atoms with Crippen molar-refractivity contribution in [3.8, 4) is 0 Å². The molecule has 2 aromatic heterocycles. The highest BCUT2D eigenvalue weighted by Crippen LogP contribution is 2.37. The first-order chi connectivity index (χ1) is 10.7. The van der Waals surface area contributed by atoms with Crippen LogP contribution in [-0.2, 0) is 9.47 Å². The number of aryl methyl sites for hydroxylation is 2. The fourth-order valence-corrected chi connectivity index (χ4v) is 3.67. The van der Waals surface area contributed by atoms with E-state index < -0.39 is 0 Å². The van der Waals surface area contributed by atoms with Gasteiger partial charge in [0, 0.05) is 24.6 Å². The Labute approximate surface area is 129 Å². The third-order valence-corrected chi connectivity index (χ3v) is 4.76. The Morgan fingerprint density at radius 2 is 1.95 bits per heavy atom. The molecule has 2 fully saturated rings. The molecule has 0 aromatic carbocycles. The number of aromatic nitrogens is 3. The summed E-state index contributed by atoms with van der Waals surface area (Å²) in [5, 5.41) is 12.1. The monoisotopic (exact) mass is 302 g/mol. The lowest BCUT2D eigenvalue weighted by Gasteiger charge is -2.35. The Hall–Kier alpha value is -1.66. The largest absolute Gasteiger partial charge is 0.365 e. The topological polar surface area (TPSA) is 72.1 Å². The van der Waals surface area contributed by atoms with Crippen LogP contribution < -0.4 is 5.32 Å². The summed E-state index contributed by atoms with van der Waals surface area (Å²) < 4.78 is 11.6. The molecule has 0 unspecified atom stereocenters. The Morgan fingerprint density at radius 3 is 2.68 bits per heavy atom. The predicted octanol–water partition coefficient (Wildman–Crippen LogP) is 2.67. The van der Waals surface area contributed by atoms with Gasteiger partial charge in [-0.3, -0.25) is 5.10 Å². The maximum absolute atomic E-state index is 5.79. The molecule has 6 nitrogen and oxygen atoms in total. The average Bonchev–Trinajstić information content (AvgIpc) is 3.09. The molecule has 2 N–H and O–H groups in total. The van der Waals surface area contributed by atoms with Crippen molar-refractivity contribution in [2.24, 2.45) is 0 Å². The lowest BCUT2D eigenvalue weighted by molar-refractivity contribution is -0.177. The fourth-order valence-electron chi connectivity index (χ4n) is 3.67. The summed E-state index contributed by atoms with van der Waals surface area (Å²) in [6.07, 6.45) is 3.96. The molecule has 0 bridgehead atoms. The summed E-state index contributed by atoms with van der Waals surface area (Å²) in [6, 6.07) is 2.50. The van der Waals surface area contributed by atoms with Crippen LogP contribution >= 0.6 is 0 Å². The number of aromatic amines is 1. The molecule has 1 aliphatic heterocycles. The Bertz CT molecular complexity index is 681. The second kappa shape index (κ2) is 5.21. The molecule has 1 saturated carbocycles. The molecule has 1 spiro atoms. The second-order valence-corrected chi connectivity index (χ2v) is 6.40. The molecule has 2 aromatic rings. The number of rotatable bonds is 2. The van der Waals surface area contributed by atoms with Crippen molar-refractivity contribution < 1.29 is 9.47 Å². The van der Waals surface area contributed by atoms with E-state index in [1.807, 2.05) is 6.92 Å². The van der Waals surface area contributed by atoms with Crippen LogP contribution in [0.2, 0.25) is 0 Å². The van der Waals surface area contributed by atoms with E-state index in [0.29, 0.717) is 6.04 Å². The SMILES string of the molecule is Cc1cc(C)c2c(NC3CCC4(CC3)OCCO4)n[nH]c2n1. The predicted molar refractivity (Wildman–Crippen MR) is 83.9 cm³/mol. The lowest BCUT2D eigenvalue weighted by Crippen LogP contribution is -2.39. The molecule has 0 radical (unpaired) electrons. The summed E-state index contributed by atoms with van der Waals surface area (Å²) in [6.45, 7) is 5.56. The van der Waals surface area contributed by atoms with Crippen molar-refractivity contribution in [2.45, 2.75) is 51.4 Å². The zero-order valence-electron chi connectivity index (χ0n) is 13.1. The maximum Gasteiger partial charge on any atom is 0.168 e. The van der Waals surface area contributed by atoms with Gasteiger partial charge in [-0.1, -0.05) is 0 Å². The number of nitrogens with one attached hydrogen (secondary N) is 2. The molecule has 0 atom stereocenters. The second-order valence-electron chi connectivity index (χ2n) is 6.40. The van der Waals surface area contributed by atoms with Gasteiger partial charge in [0.15, 0.2) is 17.3 Å². The van der Waals surface area contributed by atoms with E-state index in [2.05, 4.69) is 33.5 Å². The van der Waals surface area contributed by atoms with Crippen LogP contribution in [0.4, 0.5) is 5.82 Å². The maximum atomic E-state index is 5.79. The van der Waals surface area contributed by atoms with E-state index in [9.17, 15) is 0 Å². The highest BCUT2D eigenvalue weighted by atomic mass is 16.7. The third kappa shape index (κ3) is 2.36. The third-order valence-electron chi connectivity index (χ3n) is 4.76. The molecular weight excluding hydrogens is 280 g/mol. The van der Waals surface area contributed by atoms with Gasteiger partial charge in [-0.2, -0.15) is 5.10 Å². The minimum Gasteiger partial charge on any atom is -0.365 e. The van der Waals surface area contributed by atoms with Crippen LogP contribution in [0.5, 0.6) is 0 Å². The van der Waals surface area contributed by atoms with Gasteiger partial charge in [-0.15, -0.1) is 0 Å². The zero-order valence-corrected chi connectivity index (χ0v) is 13.1. The number of pyridine rings is 1. The first-order valence-electron chi connectivity index (χ1n) is 8.02. The first kappa shape index (κ1) is 14.0. The quantitative estimate of drug-likeness (QED) is 0.892. The van der Waals surface area contributed by atoms with Crippen LogP contribution in [-0.4, -0.2) is 40.2 Å². The highest BCUT2D eigenvalue weighted by molar-refractivity contribution is 5.90. The van der Waals surface area contributed by atoms with Crippen LogP contribution in [0, 0.1) is 13.8 Å². The number of nitrogens with zero attached hydrogens (tertiary/aromatic N) is 2. The summed E-state index contributed by atoms with van der Waals surface area (Å²) in [5.41, 5.74) is 3.07. The van der Waals surface area contributed by atoms with E-state index in [-0.39, 0.29) is 5.79 Å². The molecule has 118 valence electrons. The van der Waals surface area contributed by atoms with Gasteiger partial charge >= 0.3 is 0 Å². The van der Waals surface area contributed by atoms with Crippen LogP contribution in [0.25, 0.3) is 11.0 Å². The fraction of sp³-hybridized carbons (Fsp3) is 0.625. The van der Waals surface area contributed by atoms with Crippen molar-refractivity contribution in [1.82, 2.24) is 15.2 Å². The Morgan fingerprint density at radius 1 is 1.23 bits per heavy atom. The number of anilines is 1. The van der Waals surface area contributed by atoms with E-state index in [1.165, 1.54) is 5.56 Å². The molecular formula is C16H22N4O2. The number of hydrogen-bond donors (Lipinski definition) is 2. The number of H-pyrrole nitrogens is 1. The summed E-state index contributed by atoms with van der Waals surface area (Å²) >= 11 is 0. The van der Waals surface area contributed by atoms with Crippen molar-refractivity contribution in [2.75, 3.05) is 18.5 Å². The van der Waals surface area contributed by atoms with Crippen LogP contribution in [0.15, 0.2) is 6.07 Å². The number of fused-ring (bicyclic) bond motifs is 1. The highest BCUT2D eigenvalue weighted by Gasteiger charge is 2.40. The number of ether oxygens (including phenoxy) is 2. The normalized spacial score (nSPS) is 21.7. The molecule has 1 saturated heterocycles. The molecule has 22 heavy (non-hydrogen) atoms. The van der Waals surface area contributed by atoms with Crippen molar-refractivity contribution in [3.63, 3.8) is 0 Å². The minimum atomic E-state index is -0.305. The van der Waals surface area contributed by atoms with Gasteiger partial charge in [-0.25, -0.2) is 4.98 Å². The minimum absolute atomic E-state index is 0.305. The molecule has 3 heterocycles. The smallest absolute Gasteiger partial charge is 0.168 e. The van der Waals surface area contributed by atoms with Gasteiger partial charge in [0.25, 0.3) is 0 Å². The molecule has 4 rings (SSSR count). The van der Waals surface area contributed by atoms with Gasteiger partial charge in [0.1, 0.15) is 0 Å². The van der Waals surface area contributed by atoms with Gasteiger partial charge in [0.2, 0.25) is 0 Å². The van der Waals surface area contributed by atoms with E-state index in [4.69, 9.17) is 9.47 Å². The van der Waals surface area contributed by atoms with E-state index >= 15 is 0 Å². The standard InChI is InChI=1S/C16H22N4O2/c1-10-9-11(2)17-14-13(10)15(20-19-14)18-12-3-5-16(6-4-12)21-7-8-22-16/h9,12H,3-8H2,1-2H3,(H2,17,18,19,20). The molecule has 1 aliphatic carbocycles. The van der Waals surface area contributed by atoms with E-state index in [0.717, 1.165) is 61.4 Å². The summed E-state index contributed by atoms with van der Waals surface area (Å²) in [5.74, 6) is 0.606. The number of hydrogen-bond acceptors (Lipinski definition) is 5. The van der Waals surface area contributed by atoms with Crippen LogP contribution in [0.3, 0.4) is 0 Å². The Kier molecular flexibility index (Phi) is 3.31. The molecule has 6 heteroatoms. The average molecular weight is 302 g/mol.